The van der Waals surface area contributed by atoms with Gasteiger partial charge in [-0.25, -0.2) is 0 Å². The molecule has 2 nitrogen and oxygen atoms in total. The van der Waals surface area contributed by atoms with Crippen LogP contribution in [-0.4, -0.2) is 6.54 Å². The molecule has 1 aliphatic rings. The fourth-order valence-electron chi connectivity index (χ4n) is 3.28. The quantitative estimate of drug-likeness (QED) is 0.833. The molecular weight excluding hydrogens is 222 g/mol. The van der Waals surface area contributed by atoms with Crippen molar-refractivity contribution in [1.29, 1.82) is 0 Å². The zero-order chi connectivity index (χ0) is 13.0. The summed E-state index contributed by atoms with van der Waals surface area (Å²) in [5.74, 6) is 2.24. The summed E-state index contributed by atoms with van der Waals surface area (Å²) in [7, 11) is 0. The van der Waals surface area contributed by atoms with Gasteiger partial charge in [0.05, 0.1) is 6.04 Å². The van der Waals surface area contributed by atoms with Gasteiger partial charge in [0, 0.05) is 6.42 Å². The second kappa shape index (κ2) is 5.92. The Morgan fingerprint density at radius 2 is 1.94 bits per heavy atom. The van der Waals surface area contributed by atoms with Crippen LogP contribution in [0, 0.1) is 5.41 Å². The van der Waals surface area contributed by atoms with Gasteiger partial charge in [-0.3, -0.25) is 0 Å². The van der Waals surface area contributed by atoms with Crippen LogP contribution in [0.15, 0.2) is 16.5 Å². The van der Waals surface area contributed by atoms with Crippen LogP contribution in [0.3, 0.4) is 0 Å². The van der Waals surface area contributed by atoms with Crippen molar-refractivity contribution in [2.45, 2.75) is 65.3 Å². The zero-order valence-electron chi connectivity index (χ0n) is 12.1. The van der Waals surface area contributed by atoms with Crippen molar-refractivity contribution < 1.29 is 4.42 Å². The molecule has 1 atom stereocenters. The normalized spacial score (nSPS) is 20.8. The third-order valence-corrected chi connectivity index (χ3v) is 4.42. The topological polar surface area (TPSA) is 25.2 Å². The SMILES string of the molecule is CCNC(c1ccc(CC)o1)C1(C)CCCCC1. The molecule has 0 aromatic carbocycles. The van der Waals surface area contributed by atoms with Gasteiger partial charge in [-0.05, 0) is 36.9 Å². The Labute approximate surface area is 111 Å². The fourth-order valence-corrected chi connectivity index (χ4v) is 3.28. The molecule has 1 aromatic rings. The number of nitrogens with one attached hydrogen (secondary N) is 1. The number of rotatable bonds is 5. The lowest BCUT2D eigenvalue weighted by Gasteiger charge is -2.40. The van der Waals surface area contributed by atoms with E-state index in [9.17, 15) is 0 Å². The number of hydrogen-bond acceptors (Lipinski definition) is 2. The van der Waals surface area contributed by atoms with Crippen LogP contribution in [0.4, 0.5) is 0 Å². The lowest BCUT2D eigenvalue weighted by atomic mass is 9.70. The maximum atomic E-state index is 6.00. The van der Waals surface area contributed by atoms with Gasteiger partial charge in [0.15, 0.2) is 0 Å². The summed E-state index contributed by atoms with van der Waals surface area (Å²) in [5.41, 5.74) is 0.358. The minimum absolute atomic E-state index is 0.358. The molecule has 18 heavy (non-hydrogen) atoms. The average Bonchev–Trinajstić information content (AvgIpc) is 2.85. The molecule has 1 aromatic heterocycles. The molecule has 0 bridgehead atoms. The zero-order valence-corrected chi connectivity index (χ0v) is 12.1. The van der Waals surface area contributed by atoms with Crippen molar-refractivity contribution in [3.05, 3.63) is 23.7 Å². The van der Waals surface area contributed by atoms with Crippen molar-refractivity contribution >= 4 is 0 Å². The monoisotopic (exact) mass is 249 g/mol. The molecular formula is C16H27NO. The maximum Gasteiger partial charge on any atom is 0.121 e. The molecule has 1 saturated carbocycles. The predicted octanol–water partition coefficient (Wildman–Crippen LogP) is 4.46. The highest BCUT2D eigenvalue weighted by Crippen LogP contribution is 2.45. The van der Waals surface area contributed by atoms with Crippen LogP contribution in [-0.2, 0) is 6.42 Å². The van der Waals surface area contributed by atoms with E-state index in [4.69, 9.17) is 4.42 Å². The number of aryl methyl sites for hydroxylation is 1. The first-order valence-electron chi connectivity index (χ1n) is 7.51. The Morgan fingerprint density at radius 3 is 2.50 bits per heavy atom. The third kappa shape index (κ3) is 2.80. The lowest BCUT2D eigenvalue weighted by Crippen LogP contribution is -2.37. The van der Waals surface area contributed by atoms with Gasteiger partial charge in [0.1, 0.15) is 11.5 Å². The van der Waals surface area contributed by atoms with Gasteiger partial charge >= 0.3 is 0 Å². The molecule has 0 radical (unpaired) electrons. The first-order valence-corrected chi connectivity index (χ1v) is 7.51. The van der Waals surface area contributed by atoms with E-state index >= 15 is 0 Å². The molecule has 102 valence electrons. The van der Waals surface area contributed by atoms with Gasteiger partial charge in [-0.2, -0.15) is 0 Å². The summed E-state index contributed by atoms with van der Waals surface area (Å²) >= 11 is 0. The van der Waals surface area contributed by atoms with E-state index in [1.165, 1.54) is 32.1 Å². The molecule has 0 amide bonds. The summed E-state index contributed by atoms with van der Waals surface area (Å²) < 4.78 is 6.00. The van der Waals surface area contributed by atoms with Crippen LogP contribution in [0.5, 0.6) is 0 Å². The maximum absolute atomic E-state index is 6.00. The molecule has 1 N–H and O–H groups in total. The molecule has 2 heteroatoms. The van der Waals surface area contributed by atoms with Crippen LogP contribution in [0.25, 0.3) is 0 Å². The minimum Gasteiger partial charge on any atom is -0.464 e. The van der Waals surface area contributed by atoms with Gasteiger partial charge < -0.3 is 9.73 Å². The number of furan rings is 1. The molecule has 1 fully saturated rings. The van der Waals surface area contributed by atoms with Crippen LogP contribution >= 0.6 is 0 Å². The summed E-state index contributed by atoms with van der Waals surface area (Å²) in [4.78, 5) is 0. The van der Waals surface area contributed by atoms with Crippen molar-refractivity contribution in [3.8, 4) is 0 Å². The van der Waals surface area contributed by atoms with E-state index in [0.717, 1.165) is 24.5 Å². The van der Waals surface area contributed by atoms with Gasteiger partial charge in [0.2, 0.25) is 0 Å². The van der Waals surface area contributed by atoms with E-state index in [1.54, 1.807) is 0 Å². The van der Waals surface area contributed by atoms with Gasteiger partial charge in [-0.1, -0.05) is 40.0 Å². The molecule has 1 aliphatic carbocycles. The second-order valence-electron chi connectivity index (χ2n) is 5.86. The molecule has 2 rings (SSSR count). The minimum atomic E-state index is 0.358. The summed E-state index contributed by atoms with van der Waals surface area (Å²) in [5, 5.41) is 3.65. The highest BCUT2D eigenvalue weighted by Gasteiger charge is 2.37. The van der Waals surface area contributed by atoms with Crippen molar-refractivity contribution in [3.63, 3.8) is 0 Å². The highest BCUT2D eigenvalue weighted by atomic mass is 16.3. The van der Waals surface area contributed by atoms with E-state index in [0.29, 0.717) is 11.5 Å². The van der Waals surface area contributed by atoms with E-state index in [1.807, 2.05) is 0 Å². The summed E-state index contributed by atoms with van der Waals surface area (Å²) in [6, 6.07) is 4.68. The first-order chi connectivity index (χ1) is 8.69. The van der Waals surface area contributed by atoms with Crippen molar-refractivity contribution in [2.75, 3.05) is 6.54 Å². The largest absolute Gasteiger partial charge is 0.464 e. The highest BCUT2D eigenvalue weighted by molar-refractivity contribution is 5.14. The van der Waals surface area contributed by atoms with Crippen molar-refractivity contribution in [1.82, 2.24) is 5.32 Å². The predicted molar refractivity (Wildman–Crippen MR) is 75.7 cm³/mol. The molecule has 0 spiro atoms. The lowest BCUT2D eigenvalue weighted by molar-refractivity contribution is 0.129. The molecule has 0 aliphatic heterocycles. The molecule has 1 unspecified atom stereocenters. The first kappa shape index (κ1) is 13.7. The van der Waals surface area contributed by atoms with E-state index < -0.39 is 0 Å². The van der Waals surface area contributed by atoms with E-state index in [2.05, 4.69) is 38.2 Å². The Bertz CT molecular complexity index is 363. The Morgan fingerprint density at radius 1 is 1.22 bits per heavy atom. The Kier molecular flexibility index (Phi) is 4.50. The Balaban J connectivity index is 2.20. The third-order valence-electron chi connectivity index (χ3n) is 4.42. The summed E-state index contributed by atoms with van der Waals surface area (Å²) in [6.07, 6.45) is 7.72. The second-order valence-corrected chi connectivity index (χ2v) is 5.86. The Hall–Kier alpha value is -0.760. The van der Waals surface area contributed by atoms with Crippen LogP contribution in [0.2, 0.25) is 0 Å². The van der Waals surface area contributed by atoms with Crippen LogP contribution < -0.4 is 5.32 Å². The van der Waals surface area contributed by atoms with Crippen molar-refractivity contribution in [2.24, 2.45) is 5.41 Å². The summed E-state index contributed by atoms with van der Waals surface area (Å²) in [6.45, 7) is 7.76. The van der Waals surface area contributed by atoms with Crippen LogP contribution in [0.1, 0.15) is 70.4 Å². The number of hydrogen-bond donors (Lipinski definition) is 1. The van der Waals surface area contributed by atoms with E-state index in [-0.39, 0.29) is 0 Å². The van der Waals surface area contributed by atoms with Gasteiger partial charge in [-0.15, -0.1) is 0 Å². The smallest absolute Gasteiger partial charge is 0.121 e. The molecule has 0 saturated heterocycles. The standard InChI is InChI=1S/C16H27NO/c1-4-13-9-10-14(18-13)15(17-5-2)16(3)11-7-6-8-12-16/h9-10,15,17H,4-8,11-12H2,1-3H3. The van der Waals surface area contributed by atoms with Gasteiger partial charge in [0.25, 0.3) is 0 Å². The fraction of sp³-hybridized carbons (Fsp3) is 0.750. The average molecular weight is 249 g/mol. The molecule has 1 heterocycles.